The number of rotatable bonds is 9. The smallest absolute Gasteiger partial charge is 0.0723 e. The van der Waals surface area contributed by atoms with Crippen LogP contribution in [0.15, 0.2) is 153 Å². The fourth-order valence-corrected chi connectivity index (χ4v) is 6.86. The molecule has 1 unspecified atom stereocenters. The highest BCUT2D eigenvalue weighted by Gasteiger charge is 2.21. The van der Waals surface area contributed by atoms with E-state index in [0.717, 1.165) is 36.1 Å². The number of unbranched alkanes of at least 4 members (excludes halogenated alkanes) is 1. The van der Waals surface area contributed by atoms with Crippen molar-refractivity contribution in [3.05, 3.63) is 158 Å². The summed E-state index contributed by atoms with van der Waals surface area (Å²) in [5.41, 5.74) is 8.15. The normalized spacial score (nSPS) is 12.3. The predicted molar refractivity (Wildman–Crippen MR) is 192 cm³/mol. The Labute approximate surface area is 265 Å². The van der Waals surface area contributed by atoms with Gasteiger partial charge in [-0.05, 0) is 91.2 Å². The van der Waals surface area contributed by atoms with Crippen molar-refractivity contribution < 1.29 is 0 Å². The summed E-state index contributed by atoms with van der Waals surface area (Å²) >= 11 is 0. The highest BCUT2D eigenvalue weighted by Crippen LogP contribution is 2.46. The van der Waals surface area contributed by atoms with E-state index in [1.54, 1.807) is 0 Å². The third kappa shape index (κ3) is 5.23. The maximum Gasteiger partial charge on any atom is 0.0723 e. The van der Waals surface area contributed by atoms with E-state index in [0.29, 0.717) is 0 Å². The van der Waals surface area contributed by atoms with Crippen molar-refractivity contribution in [2.24, 2.45) is 0 Å². The molecule has 45 heavy (non-hydrogen) atoms. The summed E-state index contributed by atoms with van der Waals surface area (Å²) in [7, 11) is 0. The van der Waals surface area contributed by atoms with Crippen molar-refractivity contribution in [1.82, 2.24) is 9.97 Å². The van der Waals surface area contributed by atoms with E-state index in [2.05, 4.69) is 133 Å². The fraction of sp³-hybridized carbons (Fsp3) is 0.116. The number of nitrogens with zero attached hydrogens (tertiary/aromatic N) is 2. The first kappa shape index (κ1) is 28.4. The van der Waals surface area contributed by atoms with Gasteiger partial charge in [-0.3, -0.25) is 9.97 Å². The molecule has 218 valence electrons. The van der Waals surface area contributed by atoms with Crippen LogP contribution in [0.3, 0.4) is 0 Å². The van der Waals surface area contributed by atoms with Gasteiger partial charge in [0.15, 0.2) is 0 Å². The molecule has 5 aromatic carbocycles. The second-order valence-electron chi connectivity index (χ2n) is 11.6. The quantitative estimate of drug-likeness (QED) is 0.125. The lowest BCUT2D eigenvalue weighted by Crippen LogP contribution is -2.00. The summed E-state index contributed by atoms with van der Waals surface area (Å²) in [5, 5.41) is 7.60. The first-order chi connectivity index (χ1) is 22.3. The molecule has 2 aromatic heterocycles. The molecule has 0 aliphatic heterocycles. The minimum absolute atomic E-state index is 0.258. The molecule has 2 heterocycles. The number of aromatic nitrogens is 2. The zero-order valence-electron chi connectivity index (χ0n) is 25.7. The van der Waals surface area contributed by atoms with Crippen LogP contribution in [-0.4, -0.2) is 9.97 Å². The molecule has 0 radical (unpaired) electrons. The van der Waals surface area contributed by atoms with Gasteiger partial charge in [-0.15, -0.1) is 6.58 Å². The van der Waals surface area contributed by atoms with Crippen LogP contribution < -0.4 is 0 Å². The van der Waals surface area contributed by atoms with E-state index < -0.39 is 0 Å². The van der Waals surface area contributed by atoms with Crippen LogP contribution in [-0.2, 0) is 0 Å². The Balaban J connectivity index is 1.52. The highest BCUT2D eigenvalue weighted by molar-refractivity contribution is 6.20. The lowest BCUT2D eigenvalue weighted by atomic mass is 9.81. The molecular formula is C43H36N2. The lowest BCUT2D eigenvalue weighted by Gasteiger charge is -2.22. The first-order valence-corrected chi connectivity index (χ1v) is 15.9. The number of benzene rings is 5. The van der Waals surface area contributed by atoms with Gasteiger partial charge in [0.25, 0.3) is 0 Å². The number of hydrogen-bond donors (Lipinski definition) is 0. The van der Waals surface area contributed by atoms with Gasteiger partial charge in [-0.1, -0.05) is 123 Å². The first-order valence-electron chi connectivity index (χ1n) is 15.9. The molecule has 7 aromatic rings. The second kappa shape index (κ2) is 12.7. The molecule has 0 amide bonds. The van der Waals surface area contributed by atoms with Gasteiger partial charge in [0.2, 0.25) is 0 Å². The summed E-state index contributed by atoms with van der Waals surface area (Å²) in [6.45, 7) is 6.36. The number of fused-ring (bicyclic) bond motifs is 3. The van der Waals surface area contributed by atoms with E-state index >= 15 is 0 Å². The van der Waals surface area contributed by atoms with Gasteiger partial charge < -0.3 is 0 Å². The van der Waals surface area contributed by atoms with E-state index in [-0.39, 0.29) is 5.92 Å². The molecule has 2 heteroatoms. The molecular weight excluding hydrogens is 544 g/mol. The Morgan fingerprint density at radius 2 is 1.24 bits per heavy atom. The summed E-state index contributed by atoms with van der Waals surface area (Å²) in [5.74, 6) is 0.258. The molecule has 0 aliphatic carbocycles. The third-order valence-corrected chi connectivity index (χ3v) is 8.83. The number of allylic oxidation sites excluding steroid dienone is 3. The minimum Gasteiger partial charge on any atom is -0.264 e. The summed E-state index contributed by atoms with van der Waals surface area (Å²) in [4.78, 5) is 9.13. The number of hydrogen-bond acceptors (Lipinski definition) is 2. The van der Waals surface area contributed by atoms with Crippen molar-refractivity contribution in [3.63, 3.8) is 0 Å². The van der Waals surface area contributed by atoms with Crippen molar-refractivity contribution in [3.8, 4) is 33.5 Å². The Morgan fingerprint density at radius 3 is 1.89 bits per heavy atom. The zero-order chi connectivity index (χ0) is 30.6. The fourth-order valence-electron chi connectivity index (χ4n) is 6.86. The zero-order valence-corrected chi connectivity index (χ0v) is 25.7. The molecule has 1 atom stereocenters. The second-order valence-corrected chi connectivity index (χ2v) is 11.6. The van der Waals surface area contributed by atoms with E-state index in [4.69, 9.17) is 0 Å². The average Bonchev–Trinajstić information content (AvgIpc) is 3.10. The molecule has 0 N–H and O–H groups in total. The molecule has 0 fully saturated rings. The lowest BCUT2D eigenvalue weighted by molar-refractivity contribution is 0.864. The van der Waals surface area contributed by atoms with E-state index in [1.807, 2.05) is 36.8 Å². The minimum atomic E-state index is 0.258. The molecule has 0 saturated carbocycles. The van der Waals surface area contributed by atoms with E-state index in [9.17, 15) is 0 Å². The van der Waals surface area contributed by atoms with Crippen molar-refractivity contribution >= 4 is 32.3 Å². The standard InChI is InChI=1S/C43H36N2/c1-3-5-6-16-30(15-4-2)42-35-19-9-11-21-37(35)43(38-22-12-10-20-36(38)42)39-25-24-33(31-17-7-8-18-32(31)39)34-26-28-44-29-40(34)41-23-13-14-27-45-41/h4,6-14,16-30H,2-3,5,15H2,1H3/b16-6-. The van der Waals surface area contributed by atoms with Crippen LogP contribution in [0, 0.1) is 0 Å². The summed E-state index contributed by atoms with van der Waals surface area (Å²) in [6, 6.07) is 39.4. The predicted octanol–water partition coefficient (Wildman–Crippen LogP) is 12.0. The topological polar surface area (TPSA) is 25.8 Å². The van der Waals surface area contributed by atoms with Crippen LogP contribution >= 0.6 is 0 Å². The molecule has 0 saturated heterocycles. The Morgan fingerprint density at radius 1 is 0.622 bits per heavy atom. The molecule has 0 bridgehead atoms. The van der Waals surface area contributed by atoms with Crippen LogP contribution in [0.1, 0.15) is 37.7 Å². The maximum atomic E-state index is 4.66. The van der Waals surface area contributed by atoms with Gasteiger partial charge in [0, 0.05) is 30.1 Å². The molecule has 0 spiro atoms. The third-order valence-electron chi connectivity index (χ3n) is 8.83. The largest absolute Gasteiger partial charge is 0.264 e. The van der Waals surface area contributed by atoms with Gasteiger partial charge >= 0.3 is 0 Å². The highest BCUT2D eigenvalue weighted by atomic mass is 14.7. The van der Waals surface area contributed by atoms with Gasteiger partial charge in [-0.2, -0.15) is 0 Å². The number of pyridine rings is 2. The molecule has 7 rings (SSSR count). The Bertz CT molecular complexity index is 2120. The molecule has 0 aliphatic rings. The van der Waals surface area contributed by atoms with Gasteiger partial charge in [0.05, 0.1) is 5.69 Å². The maximum absolute atomic E-state index is 4.66. The van der Waals surface area contributed by atoms with Gasteiger partial charge in [-0.25, -0.2) is 0 Å². The Hall–Kier alpha value is -5.34. The van der Waals surface area contributed by atoms with Crippen molar-refractivity contribution in [1.29, 1.82) is 0 Å². The SMILES string of the molecule is C=CCC(/C=C\CCC)c1c2ccccc2c(-c2ccc(-c3ccncc3-c3ccccn3)c3ccccc23)c2ccccc12. The van der Waals surface area contributed by atoms with Crippen LogP contribution in [0.25, 0.3) is 65.8 Å². The van der Waals surface area contributed by atoms with Crippen LogP contribution in [0.4, 0.5) is 0 Å². The average molecular weight is 581 g/mol. The summed E-state index contributed by atoms with van der Waals surface area (Å²) in [6.07, 6.45) is 15.6. The molecule has 2 nitrogen and oxygen atoms in total. The summed E-state index contributed by atoms with van der Waals surface area (Å²) < 4.78 is 0. The van der Waals surface area contributed by atoms with Crippen molar-refractivity contribution in [2.45, 2.75) is 32.1 Å². The van der Waals surface area contributed by atoms with Crippen molar-refractivity contribution in [2.75, 3.05) is 0 Å². The Kier molecular flexibility index (Phi) is 8.04. The monoisotopic (exact) mass is 580 g/mol. The van der Waals surface area contributed by atoms with E-state index in [1.165, 1.54) is 54.6 Å². The van der Waals surface area contributed by atoms with Gasteiger partial charge in [0.1, 0.15) is 0 Å². The van der Waals surface area contributed by atoms with Crippen LogP contribution in [0.5, 0.6) is 0 Å². The van der Waals surface area contributed by atoms with Crippen LogP contribution in [0.2, 0.25) is 0 Å².